The molecule has 0 unspecified atom stereocenters. The molecule has 0 spiro atoms. The number of carbonyl (C=O) groups excluding carboxylic acids is 1. The fourth-order valence-electron chi connectivity index (χ4n) is 2.06. The molecule has 0 aliphatic carbocycles. The first kappa shape index (κ1) is 15.6. The Morgan fingerprint density at radius 2 is 1.90 bits per heavy atom. The van der Waals surface area contributed by atoms with Crippen molar-refractivity contribution in [3.63, 3.8) is 0 Å². The number of unbranched alkanes of at least 4 members (excludes halogenated alkanes) is 1. The molecule has 0 radical (unpaired) electrons. The van der Waals surface area contributed by atoms with Gasteiger partial charge in [0.15, 0.2) is 0 Å². The second-order valence-corrected chi connectivity index (χ2v) is 5.76. The van der Waals surface area contributed by atoms with E-state index in [0.717, 1.165) is 12.1 Å². The highest BCUT2D eigenvalue weighted by Crippen LogP contribution is 2.24. The van der Waals surface area contributed by atoms with Crippen LogP contribution >= 0.6 is 15.9 Å². The predicted octanol–water partition coefficient (Wildman–Crippen LogP) is 4.63. The molecule has 0 aliphatic heterocycles. The first-order valence-corrected chi connectivity index (χ1v) is 7.85. The molecule has 0 heterocycles. The van der Waals surface area contributed by atoms with Crippen LogP contribution < -0.4 is 11.1 Å². The highest BCUT2D eigenvalue weighted by molar-refractivity contribution is 9.10. The summed E-state index contributed by atoms with van der Waals surface area (Å²) in [5.41, 5.74) is 8.96. The summed E-state index contributed by atoms with van der Waals surface area (Å²) in [5.74, 6) is -0.171. The van der Waals surface area contributed by atoms with Crippen molar-refractivity contribution in [3.8, 4) is 0 Å². The van der Waals surface area contributed by atoms with Gasteiger partial charge in [0, 0.05) is 11.4 Å². The van der Waals surface area contributed by atoms with E-state index in [9.17, 15) is 4.79 Å². The first-order chi connectivity index (χ1) is 10.1. The summed E-state index contributed by atoms with van der Waals surface area (Å²) in [5, 5.41) is 2.89. The zero-order valence-corrected chi connectivity index (χ0v) is 13.6. The van der Waals surface area contributed by atoms with E-state index in [4.69, 9.17) is 5.73 Å². The van der Waals surface area contributed by atoms with E-state index < -0.39 is 0 Å². The van der Waals surface area contributed by atoms with Gasteiger partial charge in [-0.1, -0.05) is 31.5 Å². The van der Waals surface area contributed by atoms with Crippen molar-refractivity contribution in [2.45, 2.75) is 26.2 Å². The Labute approximate surface area is 133 Å². The van der Waals surface area contributed by atoms with Gasteiger partial charge in [0.25, 0.3) is 5.91 Å². The number of nitrogens with two attached hydrogens (primary N) is 1. The van der Waals surface area contributed by atoms with Crippen LogP contribution in [0.4, 0.5) is 11.4 Å². The van der Waals surface area contributed by atoms with Crippen molar-refractivity contribution in [2.75, 3.05) is 11.1 Å². The lowest BCUT2D eigenvalue weighted by Crippen LogP contribution is -2.13. The molecule has 2 aromatic rings. The van der Waals surface area contributed by atoms with E-state index >= 15 is 0 Å². The van der Waals surface area contributed by atoms with Gasteiger partial charge in [0.1, 0.15) is 0 Å². The van der Waals surface area contributed by atoms with E-state index in [1.165, 1.54) is 18.4 Å². The molecule has 0 aliphatic rings. The smallest absolute Gasteiger partial charge is 0.256 e. The monoisotopic (exact) mass is 346 g/mol. The van der Waals surface area contributed by atoms with Crippen molar-refractivity contribution in [1.29, 1.82) is 0 Å². The summed E-state index contributed by atoms with van der Waals surface area (Å²) >= 11 is 3.35. The van der Waals surface area contributed by atoms with E-state index in [0.29, 0.717) is 15.7 Å². The van der Waals surface area contributed by atoms with Crippen LogP contribution in [0, 0.1) is 0 Å². The Morgan fingerprint density at radius 3 is 2.57 bits per heavy atom. The number of hydrogen-bond donors (Lipinski definition) is 2. The van der Waals surface area contributed by atoms with Crippen LogP contribution in [0.2, 0.25) is 0 Å². The lowest BCUT2D eigenvalue weighted by atomic mass is 10.1. The van der Waals surface area contributed by atoms with E-state index in [1.807, 2.05) is 12.1 Å². The third kappa shape index (κ3) is 4.08. The maximum absolute atomic E-state index is 12.2. The lowest BCUT2D eigenvalue weighted by molar-refractivity contribution is 0.102. The van der Waals surface area contributed by atoms with E-state index in [1.54, 1.807) is 18.2 Å². The molecule has 0 aromatic heterocycles. The van der Waals surface area contributed by atoms with Crippen molar-refractivity contribution in [1.82, 2.24) is 0 Å². The molecule has 2 aromatic carbocycles. The zero-order chi connectivity index (χ0) is 15.2. The minimum Gasteiger partial charge on any atom is -0.398 e. The minimum absolute atomic E-state index is 0.171. The quantitative estimate of drug-likeness (QED) is 0.775. The van der Waals surface area contributed by atoms with Gasteiger partial charge >= 0.3 is 0 Å². The lowest BCUT2D eigenvalue weighted by Gasteiger charge is -2.09. The molecule has 3 N–H and O–H groups in total. The molecule has 110 valence electrons. The van der Waals surface area contributed by atoms with Gasteiger partial charge in [-0.15, -0.1) is 0 Å². The van der Waals surface area contributed by atoms with Crippen LogP contribution in [0.25, 0.3) is 0 Å². The number of benzene rings is 2. The van der Waals surface area contributed by atoms with Crippen LogP contribution in [-0.2, 0) is 6.42 Å². The zero-order valence-electron chi connectivity index (χ0n) is 12.0. The second-order valence-electron chi connectivity index (χ2n) is 4.96. The Hall–Kier alpha value is -1.81. The molecule has 21 heavy (non-hydrogen) atoms. The fraction of sp³-hybridized carbons (Fsp3) is 0.235. The molecule has 4 heteroatoms. The minimum atomic E-state index is -0.171. The standard InChI is InChI=1S/C17H19BrN2O/c1-2-3-5-12-8-10-13(11-9-12)20-17(21)14-6-4-7-15(19)16(14)18/h4,6-11H,2-3,5,19H2,1H3,(H,20,21). The molecule has 0 atom stereocenters. The molecular formula is C17H19BrN2O. The topological polar surface area (TPSA) is 55.1 Å². The summed E-state index contributed by atoms with van der Waals surface area (Å²) in [7, 11) is 0. The Balaban J connectivity index is 2.07. The molecule has 0 fully saturated rings. The summed E-state index contributed by atoms with van der Waals surface area (Å²) in [4.78, 5) is 12.2. The number of rotatable bonds is 5. The highest BCUT2D eigenvalue weighted by Gasteiger charge is 2.11. The van der Waals surface area contributed by atoms with Gasteiger partial charge < -0.3 is 11.1 Å². The molecule has 2 rings (SSSR count). The highest BCUT2D eigenvalue weighted by atomic mass is 79.9. The van der Waals surface area contributed by atoms with Gasteiger partial charge in [-0.2, -0.15) is 0 Å². The largest absolute Gasteiger partial charge is 0.398 e. The van der Waals surface area contributed by atoms with Crippen molar-refractivity contribution in [2.24, 2.45) is 0 Å². The summed E-state index contributed by atoms with van der Waals surface area (Å²) in [6.07, 6.45) is 3.44. The number of aryl methyl sites for hydroxylation is 1. The molecule has 0 saturated carbocycles. The van der Waals surface area contributed by atoms with Crippen LogP contribution in [0.5, 0.6) is 0 Å². The van der Waals surface area contributed by atoms with Crippen molar-refractivity contribution < 1.29 is 4.79 Å². The average Bonchev–Trinajstić information content (AvgIpc) is 2.49. The Kier molecular flexibility index (Phi) is 5.39. The summed E-state index contributed by atoms with van der Waals surface area (Å²) in [6, 6.07) is 13.2. The Morgan fingerprint density at radius 1 is 1.19 bits per heavy atom. The maximum atomic E-state index is 12.2. The van der Waals surface area contributed by atoms with Gasteiger partial charge in [-0.05, 0) is 58.6 Å². The van der Waals surface area contributed by atoms with E-state index in [-0.39, 0.29) is 5.91 Å². The first-order valence-electron chi connectivity index (χ1n) is 7.06. The fourth-order valence-corrected chi connectivity index (χ4v) is 2.50. The molecular weight excluding hydrogens is 328 g/mol. The normalized spacial score (nSPS) is 10.4. The number of nitrogens with one attached hydrogen (secondary N) is 1. The molecule has 1 amide bonds. The maximum Gasteiger partial charge on any atom is 0.256 e. The van der Waals surface area contributed by atoms with Crippen LogP contribution in [0.1, 0.15) is 35.7 Å². The third-order valence-corrected chi connectivity index (χ3v) is 4.19. The van der Waals surface area contributed by atoms with Gasteiger partial charge in [-0.3, -0.25) is 4.79 Å². The third-order valence-electron chi connectivity index (χ3n) is 3.30. The second kappa shape index (κ2) is 7.27. The molecule has 0 saturated heterocycles. The SMILES string of the molecule is CCCCc1ccc(NC(=O)c2cccc(N)c2Br)cc1. The van der Waals surface area contributed by atoms with Crippen LogP contribution in [-0.4, -0.2) is 5.91 Å². The molecule has 0 bridgehead atoms. The van der Waals surface area contributed by atoms with Crippen LogP contribution in [0.15, 0.2) is 46.9 Å². The number of carbonyl (C=O) groups is 1. The predicted molar refractivity (Wildman–Crippen MR) is 91.6 cm³/mol. The number of amides is 1. The van der Waals surface area contributed by atoms with Gasteiger partial charge in [-0.25, -0.2) is 0 Å². The Bertz CT molecular complexity index is 623. The number of nitrogen functional groups attached to an aromatic ring is 1. The summed E-state index contributed by atoms with van der Waals surface area (Å²) < 4.78 is 0.627. The number of anilines is 2. The van der Waals surface area contributed by atoms with Gasteiger partial charge in [0.2, 0.25) is 0 Å². The number of halogens is 1. The molecule has 3 nitrogen and oxygen atoms in total. The van der Waals surface area contributed by atoms with Crippen molar-refractivity contribution >= 4 is 33.2 Å². The van der Waals surface area contributed by atoms with E-state index in [2.05, 4.69) is 40.3 Å². The van der Waals surface area contributed by atoms with Crippen molar-refractivity contribution in [3.05, 3.63) is 58.1 Å². The van der Waals surface area contributed by atoms with Gasteiger partial charge in [0.05, 0.1) is 10.0 Å². The summed E-state index contributed by atoms with van der Waals surface area (Å²) in [6.45, 7) is 2.18. The average molecular weight is 347 g/mol. The van der Waals surface area contributed by atoms with Crippen LogP contribution in [0.3, 0.4) is 0 Å². The number of hydrogen-bond acceptors (Lipinski definition) is 2.